The van der Waals surface area contributed by atoms with E-state index >= 15 is 0 Å². The lowest BCUT2D eigenvalue weighted by Gasteiger charge is -2.11. The second-order valence-corrected chi connectivity index (χ2v) is 5.57. The molecule has 0 aromatic carbocycles. The number of nitrogens with one attached hydrogen (secondary N) is 3. The van der Waals surface area contributed by atoms with Crippen molar-refractivity contribution in [2.45, 2.75) is 32.4 Å². The first kappa shape index (κ1) is 14.7. The molecular formula is C15H20N6O. The lowest BCUT2D eigenvalue weighted by Crippen LogP contribution is -2.39. The third-order valence-electron chi connectivity index (χ3n) is 4.06. The van der Waals surface area contributed by atoms with Crippen LogP contribution < -0.4 is 16.2 Å². The minimum atomic E-state index is -0.288. The molecule has 7 heteroatoms. The van der Waals surface area contributed by atoms with Crippen molar-refractivity contribution >= 4 is 11.6 Å². The van der Waals surface area contributed by atoms with E-state index in [1.54, 1.807) is 18.5 Å². The highest BCUT2D eigenvalue weighted by molar-refractivity contribution is 5.94. The van der Waals surface area contributed by atoms with E-state index in [4.69, 9.17) is 0 Å². The molecule has 7 nitrogen and oxygen atoms in total. The predicted molar refractivity (Wildman–Crippen MR) is 83.0 cm³/mol. The van der Waals surface area contributed by atoms with Gasteiger partial charge >= 0.3 is 0 Å². The zero-order valence-corrected chi connectivity index (χ0v) is 12.9. The standard InChI is InChI=1S/C15H20N6O/c1-9-14(10(2)21(3)20-9)12-7-13(19-18-12)15(22)17-11-5-4-6-16-8-11/h4-6,8,12-13,18-19H,7H2,1-3H3,(H,17,22). The number of hydrazine groups is 1. The minimum absolute atomic E-state index is 0.0674. The lowest BCUT2D eigenvalue weighted by molar-refractivity contribution is -0.117. The van der Waals surface area contributed by atoms with Crippen LogP contribution in [0.5, 0.6) is 0 Å². The van der Waals surface area contributed by atoms with Crippen LogP contribution in [0.2, 0.25) is 0 Å². The molecular weight excluding hydrogens is 280 g/mol. The molecule has 3 N–H and O–H groups in total. The van der Waals surface area contributed by atoms with Gasteiger partial charge in [0.25, 0.3) is 0 Å². The number of nitrogens with zero attached hydrogens (tertiary/aromatic N) is 3. The fourth-order valence-corrected chi connectivity index (χ4v) is 2.88. The van der Waals surface area contributed by atoms with Crippen LogP contribution in [0.3, 0.4) is 0 Å². The van der Waals surface area contributed by atoms with E-state index in [0.29, 0.717) is 12.1 Å². The Kier molecular flexibility index (Phi) is 3.91. The molecule has 0 spiro atoms. The van der Waals surface area contributed by atoms with Crippen molar-refractivity contribution in [1.82, 2.24) is 25.6 Å². The van der Waals surface area contributed by atoms with Gasteiger partial charge in [-0.15, -0.1) is 0 Å². The van der Waals surface area contributed by atoms with E-state index in [1.165, 1.54) is 0 Å². The Morgan fingerprint density at radius 2 is 2.23 bits per heavy atom. The van der Waals surface area contributed by atoms with Crippen molar-refractivity contribution in [2.24, 2.45) is 7.05 Å². The number of carbonyl (C=O) groups excluding carboxylic acids is 1. The smallest absolute Gasteiger partial charge is 0.242 e. The largest absolute Gasteiger partial charge is 0.323 e. The van der Waals surface area contributed by atoms with Crippen molar-refractivity contribution in [1.29, 1.82) is 0 Å². The van der Waals surface area contributed by atoms with Gasteiger partial charge in [0.1, 0.15) is 6.04 Å². The molecule has 0 radical (unpaired) electrons. The molecule has 1 aliphatic heterocycles. The van der Waals surface area contributed by atoms with Gasteiger partial charge in [-0.3, -0.25) is 14.5 Å². The Hall–Kier alpha value is -2.25. The van der Waals surface area contributed by atoms with Crippen LogP contribution in [-0.4, -0.2) is 26.7 Å². The molecule has 22 heavy (non-hydrogen) atoms. The normalized spacial score (nSPS) is 21.0. The summed E-state index contributed by atoms with van der Waals surface area (Å²) >= 11 is 0. The molecule has 3 rings (SSSR count). The molecule has 2 aromatic rings. The molecule has 2 aromatic heterocycles. The predicted octanol–water partition coefficient (Wildman–Crippen LogP) is 0.978. The first-order chi connectivity index (χ1) is 10.6. The second kappa shape index (κ2) is 5.86. The van der Waals surface area contributed by atoms with Gasteiger partial charge in [-0.2, -0.15) is 5.10 Å². The third-order valence-corrected chi connectivity index (χ3v) is 4.06. The van der Waals surface area contributed by atoms with Crippen molar-refractivity contribution < 1.29 is 4.79 Å². The van der Waals surface area contributed by atoms with Gasteiger partial charge in [0.2, 0.25) is 5.91 Å². The average Bonchev–Trinajstić information content (AvgIpc) is 3.06. The summed E-state index contributed by atoms with van der Waals surface area (Å²) in [7, 11) is 1.93. The number of amides is 1. The Labute approximate surface area is 129 Å². The Bertz CT molecular complexity index is 681. The molecule has 2 atom stereocenters. The fourth-order valence-electron chi connectivity index (χ4n) is 2.88. The van der Waals surface area contributed by atoms with E-state index in [0.717, 1.165) is 17.0 Å². The van der Waals surface area contributed by atoms with E-state index in [1.807, 2.05) is 31.6 Å². The number of hydrogen-bond donors (Lipinski definition) is 3. The number of hydrogen-bond acceptors (Lipinski definition) is 5. The fraction of sp³-hybridized carbons (Fsp3) is 0.400. The molecule has 3 heterocycles. The van der Waals surface area contributed by atoms with Crippen LogP contribution >= 0.6 is 0 Å². The maximum absolute atomic E-state index is 12.3. The zero-order chi connectivity index (χ0) is 15.7. The summed E-state index contributed by atoms with van der Waals surface area (Å²) in [6.45, 7) is 4.03. The average molecular weight is 300 g/mol. The van der Waals surface area contributed by atoms with E-state index in [2.05, 4.69) is 26.3 Å². The van der Waals surface area contributed by atoms with Gasteiger partial charge in [0, 0.05) is 24.5 Å². The molecule has 1 amide bonds. The van der Waals surface area contributed by atoms with Gasteiger partial charge in [0.15, 0.2) is 0 Å². The first-order valence-corrected chi connectivity index (χ1v) is 7.28. The zero-order valence-electron chi connectivity index (χ0n) is 12.9. The first-order valence-electron chi connectivity index (χ1n) is 7.28. The van der Waals surface area contributed by atoms with E-state index < -0.39 is 0 Å². The van der Waals surface area contributed by atoms with Gasteiger partial charge in [-0.25, -0.2) is 10.9 Å². The van der Waals surface area contributed by atoms with Crippen LogP contribution in [0.4, 0.5) is 5.69 Å². The molecule has 0 bridgehead atoms. The highest BCUT2D eigenvalue weighted by atomic mass is 16.2. The highest BCUT2D eigenvalue weighted by Crippen LogP contribution is 2.27. The van der Waals surface area contributed by atoms with E-state index in [9.17, 15) is 4.79 Å². The number of rotatable bonds is 3. The molecule has 2 unspecified atom stereocenters. The SMILES string of the molecule is Cc1nn(C)c(C)c1C1CC(C(=O)Nc2cccnc2)NN1. The third kappa shape index (κ3) is 2.72. The quantitative estimate of drug-likeness (QED) is 0.787. The Balaban J connectivity index is 1.68. The van der Waals surface area contributed by atoms with Crippen molar-refractivity contribution in [3.05, 3.63) is 41.5 Å². The van der Waals surface area contributed by atoms with Crippen LogP contribution in [0.1, 0.15) is 29.4 Å². The molecule has 0 saturated carbocycles. The summed E-state index contributed by atoms with van der Waals surface area (Å²) in [6, 6.07) is 3.41. The number of anilines is 1. The number of aromatic nitrogens is 3. The van der Waals surface area contributed by atoms with Crippen molar-refractivity contribution in [2.75, 3.05) is 5.32 Å². The molecule has 1 fully saturated rings. The molecule has 1 saturated heterocycles. The molecule has 0 aliphatic carbocycles. The number of carbonyl (C=O) groups is 1. The summed E-state index contributed by atoms with van der Waals surface area (Å²) < 4.78 is 1.87. The van der Waals surface area contributed by atoms with Gasteiger partial charge in [-0.1, -0.05) is 0 Å². The van der Waals surface area contributed by atoms with E-state index in [-0.39, 0.29) is 18.0 Å². The monoisotopic (exact) mass is 300 g/mol. The summed E-state index contributed by atoms with van der Waals surface area (Å²) in [6.07, 6.45) is 3.99. The van der Waals surface area contributed by atoms with Crippen molar-refractivity contribution in [3.63, 3.8) is 0 Å². The Morgan fingerprint density at radius 1 is 1.41 bits per heavy atom. The highest BCUT2D eigenvalue weighted by Gasteiger charge is 2.32. The molecule has 116 valence electrons. The maximum atomic E-state index is 12.3. The van der Waals surface area contributed by atoms with Crippen LogP contribution in [0, 0.1) is 13.8 Å². The minimum Gasteiger partial charge on any atom is -0.323 e. The second-order valence-electron chi connectivity index (χ2n) is 5.57. The van der Waals surface area contributed by atoms with Crippen LogP contribution in [0.25, 0.3) is 0 Å². The Morgan fingerprint density at radius 3 is 2.86 bits per heavy atom. The van der Waals surface area contributed by atoms with Gasteiger partial charge in [0.05, 0.1) is 23.6 Å². The topological polar surface area (TPSA) is 83.9 Å². The maximum Gasteiger partial charge on any atom is 0.242 e. The van der Waals surface area contributed by atoms with Crippen LogP contribution in [0.15, 0.2) is 24.5 Å². The van der Waals surface area contributed by atoms with Crippen molar-refractivity contribution in [3.8, 4) is 0 Å². The molecule has 1 aliphatic rings. The summed E-state index contributed by atoms with van der Waals surface area (Å²) in [4.78, 5) is 16.3. The lowest BCUT2D eigenvalue weighted by atomic mass is 10.00. The summed E-state index contributed by atoms with van der Waals surface area (Å²) in [5, 5.41) is 7.30. The summed E-state index contributed by atoms with van der Waals surface area (Å²) in [5.74, 6) is -0.0674. The van der Waals surface area contributed by atoms with Gasteiger partial charge < -0.3 is 5.32 Å². The van der Waals surface area contributed by atoms with Gasteiger partial charge in [-0.05, 0) is 32.4 Å². The number of aryl methyl sites for hydroxylation is 2. The number of pyridine rings is 1. The van der Waals surface area contributed by atoms with Crippen LogP contribution in [-0.2, 0) is 11.8 Å². The summed E-state index contributed by atoms with van der Waals surface area (Å²) in [5.41, 5.74) is 10.2.